The van der Waals surface area contributed by atoms with Crippen LogP contribution in [-0.2, 0) is 11.5 Å². The predicted molar refractivity (Wildman–Crippen MR) is 38.5 cm³/mol. The third kappa shape index (κ3) is 0.998. The van der Waals surface area contributed by atoms with Gasteiger partial charge in [0, 0.05) is 17.7 Å². The van der Waals surface area contributed by atoms with E-state index in [1.54, 1.807) is 0 Å². The summed E-state index contributed by atoms with van der Waals surface area (Å²) in [5.41, 5.74) is 0.770. The van der Waals surface area contributed by atoms with Crippen LogP contribution in [0.4, 0.5) is 5.69 Å². The minimum absolute atomic E-state index is 0.0582. The summed E-state index contributed by atoms with van der Waals surface area (Å²) in [5, 5.41) is 10.3. The molecular weight excluding hydrogens is 162 g/mol. The molecule has 5 heteroatoms. The number of benzene rings is 1. The van der Waals surface area contributed by atoms with Crippen molar-refractivity contribution in [1.82, 2.24) is 0 Å². The normalized spacial score (nSPS) is 13.7. The van der Waals surface area contributed by atoms with E-state index in [1.807, 2.05) is 0 Å². The molecule has 0 aromatic heterocycles. The Morgan fingerprint density at radius 2 is 2.33 bits per heavy atom. The quantitative estimate of drug-likeness (QED) is 0.360. The summed E-state index contributed by atoms with van der Waals surface area (Å²) >= 11 is 0. The van der Waals surface area contributed by atoms with Crippen LogP contribution in [0, 0.1) is 10.1 Å². The van der Waals surface area contributed by atoms with Crippen molar-refractivity contribution in [1.29, 1.82) is 0 Å². The Bertz CT molecular complexity index is 336. The van der Waals surface area contributed by atoms with Crippen molar-refractivity contribution in [2.75, 3.05) is 0 Å². The lowest BCUT2D eigenvalue weighted by Gasteiger charge is -1.93. The van der Waals surface area contributed by atoms with E-state index in [2.05, 4.69) is 4.89 Å². The Labute approximate surface area is 67.6 Å². The van der Waals surface area contributed by atoms with E-state index in [-0.39, 0.29) is 12.3 Å². The summed E-state index contributed by atoms with van der Waals surface area (Å²) in [5.74, 6) is 0.556. The Balaban J connectivity index is 2.45. The van der Waals surface area contributed by atoms with E-state index in [0.29, 0.717) is 11.3 Å². The topological polar surface area (TPSA) is 61.6 Å². The van der Waals surface area contributed by atoms with Gasteiger partial charge in [0.1, 0.15) is 6.61 Å². The second-order valence-electron chi connectivity index (χ2n) is 2.39. The molecule has 1 heterocycles. The summed E-state index contributed by atoms with van der Waals surface area (Å²) in [4.78, 5) is 19.2. The second kappa shape index (κ2) is 2.46. The van der Waals surface area contributed by atoms with Gasteiger partial charge in [-0.15, -0.1) is 0 Å². The molecule has 0 fully saturated rings. The molecule has 0 saturated carbocycles. The molecule has 5 nitrogen and oxygen atoms in total. The number of nitro groups is 1. The maximum atomic E-state index is 10.3. The Morgan fingerprint density at radius 1 is 1.50 bits per heavy atom. The van der Waals surface area contributed by atoms with Crippen molar-refractivity contribution in [2.24, 2.45) is 0 Å². The van der Waals surface area contributed by atoms with Gasteiger partial charge in [-0.25, -0.2) is 0 Å². The van der Waals surface area contributed by atoms with Crippen LogP contribution in [0.25, 0.3) is 0 Å². The first-order valence-corrected chi connectivity index (χ1v) is 3.34. The highest BCUT2D eigenvalue weighted by atomic mass is 17.2. The average Bonchev–Trinajstić information content (AvgIpc) is 2.49. The van der Waals surface area contributed by atoms with Crippen molar-refractivity contribution >= 4 is 5.69 Å². The van der Waals surface area contributed by atoms with Gasteiger partial charge < -0.3 is 4.89 Å². The fourth-order valence-corrected chi connectivity index (χ4v) is 1.03. The number of nitro benzene ring substituents is 1. The Hall–Kier alpha value is -1.62. The van der Waals surface area contributed by atoms with E-state index in [4.69, 9.17) is 4.89 Å². The lowest BCUT2D eigenvalue weighted by molar-refractivity contribution is -0.384. The van der Waals surface area contributed by atoms with E-state index in [9.17, 15) is 10.1 Å². The van der Waals surface area contributed by atoms with Crippen LogP contribution in [0.2, 0.25) is 0 Å². The predicted octanol–water partition coefficient (Wildman–Crippen LogP) is 1.42. The molecule has 0 amide bonds. The maximum Gasteiger partial charge on any atom is 0.270 e. The summed E-state index contributed by atoms with van der Waals surface area (Å²) in [6, 6.07) is 4.36. The fraction of sp³-hybridized carbons (Fsp3) is 0.143. The van der Waals surface area contributed by atoms with Crippen molar-refractivity contribution in [3.05, 3.63) is 33.9 Å². The number of hydrogen-bond acceptors (Lipinski definition) is 4. The second-order valence-corrected chi connectivity index (χ2v) is 2.39. The first-order valence-electron chi connectivity index (χ1n) is 3.34. The highest BCUT2D eigenvalue weighted by Gasteiger charge is 2.17. The molecule has 0 unspecified atom stereocenters. The first kappa shape index (κ1) is 7.05. The SMILES string of the molecule is O=[N+]([O-])c1ccc2c(c1)COO2. The molecule has 1 aliphatic rings. The van der Waals surface area contributed by atoms with Crippen LogP contribution in [0.5, 0.6) is 5.75 Å². The molecule has 1 aliphatic heterocycles. The zero-order valence-electron chi connectivity index (χ0n) is 6.02. The van der Waals surface area contributed by atoms with Gasteiger partial charge in [-0.1, -0.05) is 0 Å². The van der Waals surface area contributed by atoms with Crippen LogP contribution >= 0.6 is 0 Å². The summed E-state index contributed by atoms with van der Waals surface area (Å²) in [6.07, 6.45) is 0. The first-order chi connectivity index (χ1) is 5.77. The van der Waals surface area contributed by atoms with Crippen molar-refractivity contribution < 1.29 is 14.7 Å². The van der Waals surface area contributed by atoms with E-state index in [0.717, 1.165) is 0 Å². The molecule has 1 aromatic carbocycles. The highest BCUT2D eigenvalue weighted by Crippen LogP contribution is 2.29. The van der Waals surface area contributed by atoms with Crippen molar-refractivity contribution in [2.45, 2.75) is 6.61 Å². The highest BCUT2D eigenvalue weighted by molar-refractivity contribution is 5.44. The standard InChI is InChI=1S/C7H5NO4/c9-8(10)6-1-2-7-5(3-6)4-11-12-7/h1-3H,4H2. The summed E-state index contributed by atoms with van der Waals surface area (Å²) in [6.45, 7) is 0.275. The molecule has 0 aliphatic carbocycles. The Morgan fingerprint density at radius 3 is 3.08 bits per heavy atom. The lowest BCUT2D eigenvalue weighted by Crippen LogP contribution is -1.88. The Kier molecular flexibility index (Phi) is 1.44. The van der Waals surface area contributed by atoms with Gasteiger partial charge >= 0.3 is 0 Å². The molecule has 0 radical (unpaired) electrons. The van der Waals surface area contributed by atoms with Crippen LogP contribution < -0.4 is 4.89 Å². The van der Waals surface area contributed by atoms with Gasteiger partial charge in [0.05, 0.1) is 4.92 Å². The molecule has 0 bridgehead atoms. The van der Waals surface area contributed by atoms with Gasteiger partial charge in [0.15, 0.2) is 5.75 Å². The summed E-state index contributed by atoms with van der Waals surface area (Å²) in [7, 11) is 0. The molecular formula is C7H5NO4. The van der Waals surface area contributed by atoms with Gasteiger partial charge in [-0.05, 0) is 6.07 Å². The minimum atomic E-state index is -0.446. The fourth-order valence-electron chi connectivity index (χ4n) is 1.03. The van der Waals surface area contributed by atoms with Gasteiger partial charge in [-0.3, -0.25) is 10.1 Å². The van der Waals surface area contributed by atoms with Crippen molar-refractivity contribution in [3.63, 3.8) is 0 Å². The lowest BCUT2D eigenvalue weighted by atomic mass is 10.2. The van der Waals surface area contributed by atoms with Gasteiger partial charge in [0.25, 0.3) is 5.69 Å². The third-order valence-corrected chi connectivity index (χ3v) is 1.62. The molecule has 12 heavy (non-hydrogen) atoms. The number of non-ortho nitro benzene ring substituents is 1. The van der Waals surface area contributed by atoms with E-state index < -0.39 is 4.92 Å². The number of nitrogens with zero attached hydrogens (tertiary/aromatic N) is 1. The van der Waals surface area contributed by atoms with Gasteiger partial charge in [0.2, 0.25) is 0 Å². The van der Waals surface area contributed by atoms with Crippen LogP contribution in [0.3, 0.4) is 0 Å². The molecule has 62 valence electrons. The zero-order chi connectivity index (χ0) is 8.55. The number of fused-ring (bicyclic) bond motifs is 1. The molecule has 0 spiro atoms. The van der Waals surface area contributed by atoms with Crippen molar-refractivity contribution in [3.8, 4) is 5.75 Å². The van der Waals surface area contributed by atoms with E-state index >= 15 is 0 Å². The smallest absolute Gasteiger partial charge is 0.270 e. The molecule has 0 saturated heterocycles. The van der Waals surface area contributed by atoms with Crippen LogP contribution in [-0.4, -0.2) is 4.92 Å². The number of hydrogen-bond donors (Lipinski definition) is 0. The van der Waals surface area contributed by atoms with Gasteiger partial charge in [-0.2, -0.15) is 4.89 Å². The molecule has 2 rings (SSSR count). The number of rotatable bonds is 1. The largest absolute Gasteiger partial charge is 0.337 e. The zero-order valence-corrected chi connectivity index (χ0v) is 6.02. The molecule has 0 atom stereocenters. The minimum Gasteiger partial charge on any atom is -0.337 e. The van der Waals surface area contributed by atoms with E-state index in [1.165, 1.54) is 18.2 Å². The average molecular weight is 167 g/mol. The van der Waals surface area contributed by atoms with Crippen LogP contribution in [0.1, 0.15) is 5.56 Å². The molecule has 0 N–H and O–H groups in total. The third-order valence-electron chi connectivity index (χ3n) is 1.62. The maximum absolute atomic E-state index is 10.3. The summed E-state index contributed by atoms with van der Waals surface area (Å²) < 4.78 is 0. The van der Waals surface area contributed by atoms with Crippen LogP contribution in [0.15, 0.2) is 18.2 Å². The monoisotopic (exact) mass is 167 g/mol. The molecule has 1 aromatic rings.